The summed E-state index contributed by atoms with van der Waals surface area (Å²) in [5.41, 5.74) is 0. The van der Waals surface area contributed by atoms with Crippen LogP contribution in [0.25, 0.3) is 0 Å². The lowest BCUT2D eigenvalue weighted by atomic mass is 10.5. The molecule has 0 atom stereocenters. The Morgan fingerprint density at radius 3 is 0.950 bits per heavy atom. The molecule has 0 saturated carbocycles. The molecular formula is C10H29ClN2O6S. The van der Waals surface area contributed by atoms with Gasteiger partial charge in [-0.3, -0.25) is 8.42 Å². The maximum atomic E-state index is 8.52. The lowest BCUT2D eigenvalue weighted by Gasteiger charge is -2.21. The second-order valence-electron chi connectivity index (χ2n) is 5.88. The van der Waals surface area contributed by atoms with Gasteiger partial charge in [0.15, 0.2) is 0 Å². The third kappa shape index (κ3) is 81.3. The van der Waals surface area contributed by atoms with Crippen LogP contribution in [0.15, 0.2) is 0 Å². The van der Waals surface area contributed by atoms with Crippen LogP contribution in [0.3, 0.4) is 0 Å². The number of nitrogens with zero attached hydrogens (tertiary/aromatic N) is 2. The molecular weight excluding hydrogens is 312 g/mol. The summed E-state index contributed by atoms with van der Waals surface area (Å²) in [6.07, 6.45) is 0. The SMILES string of the molecule is C[N+](C)(C)CCO.C[N+](C)(C)CCO.Cl.O=S(=O)([O-])[O-]. The Hall–Kier alpha value is -0.0000000000000000971. The molecule has 0 rings (SSSR count). The molecule has 0 spiro atoms. The number of rotatable bonds is 4. The molecule has 0 radical (unpaired) electrons. The van der Waals surface area contributed by atoms with Gasteiger partial charge in [0.05, 0.1) is 55.5 Å². The Kier molecular flexibility index (Phi) is 17.9. The minimum atomic E-state index is -5.17. The second kappa shape index (κ2) is 12.7. The van der Waals surface area contributed by atoms with Gasteiger partial charge >= 0.3 is 0 Å². The van der Waals surface area contributed by atoms with E-state index >= 15 is 0 Å². The molecule has 0 aliphatic heterocycles. The van der Waals surface area contributed by atoms with E-state index < -0.39 is 10.4 Å². The first kappa shape index (κ1) is 28.2. The van der Waals surface area contributed by atoms with E-state index in [-0.39, 0.29) is 25.6 Å². The van der Waals surface area contributed by atoms with Crippen LogP contribution in [0.5, 0.6) is 0 Å². The molecule has 0 amide bonds. The second-order valence-corrected chi connectivity index (χ2v) is 6.70. The van der Waals surface area contributed by atoms with Gasteiger partial charge in [0.2, 0.25) is 0 Å². The Balaban J connectivity index is -0.0000000952. The van der Waals surface area contributed by atoms with E-state index in [1.54, 1.807) is 0 Å². The van der Waals surface area contributed by atoms with Gasteiger partial charge in [-0.1, -0.05) is 0 Å². The minimum absolute atomic E-state index is 0. The number of halogens is 1. The average molecular weight is 341 g/mol. The molecule has 0 saturated heterocycles. The van der Waals surface area contributed by atoms with Gasteiger partial charge in [-0.15, -0.1) is 12.4 Å². The summed E-state index contributed by atoms with van der Waals surface area (Å²) < 4.78 is 35.8. The van der Waals surface area contributed by atoms with Crippen LogP contribution in [-0.4, -0.2) is 105 Å². The number of aliphatic hydroxyl groups is 2. The molecule has 2 N–H and O–H groups in total. The lowest BCUT2D eigenvalue weighted by molar-refractivity contribution is -0.870. The summed E-state index contributed by atoms with van der Waals surface area (Å²) in [5, 5.41) is 16.8. The van der Waals surface area contributed by atoms with E-state index in [0.29, 0.717) is 0 Å². The van der Waals surface area contributed by atoms with Crippen LogP contribution in [0.4, 0.5) is 0 Å². The van der Waals surface area contributed by atoms with Gasteiger partial charge < -0.3 is 28.3 Å². The first-order valence-electron chi connectivity index (χ1n) is 5.61. The number of hydrogen-bond donors (Lipinski definition) is 2. The van der Waals surface area contributed by atoms with Crippen molar-refractivity contribution in [2.24, 2.45) is 0 Å². The predicted octanol–water partition coefficient (Wildman–Crippen LogP) is -1.55. The molecule has 128 valence electrons. The molecule has 0 heterocycles. The van der Waals surface area contributed by atoms with Crippen LogP contribution in [0.1, 0.15) is 0 Å². The van der Waals surface area contributed by atoms with Crippen LogP contribution in [-0.2, 0) is 10.4 Å². The molecule has 0 aromatic carbocycles. The summed E-state index contributed by atoms with van der Waals surface area (Å²) in [7, 11) is 7.14. The highest BCUT2D eigenvalue weighted by atomic mass is 35.5. The fraction of sp³-hybridized carbons (Fsp3) is 1.00. The van der Waals surface area contributed by atoms with Crippen LogP contribution in [0.2, 0.25) is 0 Å². The molecule has 0 aromatic rings. The quantitative estimate of drug-likeness (QED) is 0.363. The highest BCUT2D eigenvalue weighted by Gasteiger charge is 2.02. The first-order chi connectivity index (χ1) is 8.12. The Morgan fingerprint density at radius 2 is 0.950 bits per heavy atom. The van der Waals surface area contributed by atoms with E-state index in [1.807, 2.05) is 0 Å². The van der Waals surface area contributed by atoms with Crippen molar-refractivity contribution >= 4 is 22.8 Å². The van der Waals surface area contributed by atoms with Crippen LogP contribution in [0, 0.1) is 0 Å². The fourth-order valence-corrected chi connectivity index (χ4v) is 0.600. The monoisotopic (exact) mass is 340 g/mol. The highest BCUT2D eigenvalue weighted by molar-refractivity contribution is 7.79. The standard InChI is InChI=1S/2C5H14NO.ClH.H2O4S/c2*1-6(2,3)4-5-7;;1-5(2,3)4/h2*7H,4-5H2,1-3H3;1H;(H2,1,2,3,4)/q2*+1;;/p-2. The normalized spacial score (nSPS) is 11.3. The molecule has 0 bridgehead atoms. The zero-order valence-corrected chi connectivity index (χ0v) is 14.7. The number of quaternary nitrogens is 2. The van der Waals surface area contributed by atoms with Crippen molar-refractivity contribution < 1.29 is 36.7 Å². The molecule has 0 aliphatic carbocycles. The van der Waals surface area contributed by atoms with Crippen molar-refractivity contribution in [3.8, 4) is 0 Å². The highest BCUT2D eigenvalue weighted by Crippen LogP contribution is 1.85. The summed E-state index contributed by atoms with van der Waals surface area (Å²) in [4.78, 5) is 0. The maximum Gasteiger partial charge on any atom is 0.101 e. The predicted molar refractivity (Wildman–Crippen MR) is 77.7 cm³/mol. The van der Waals surface area contributed by atoms with E-state index in [1.165, 1.54) is 0 Å². The van der Waals surface area contributed by atoms with Gasteiger partial charge in [-0.2, -0.15) is 0 Å². The van der Waals surface area contributed by atoms with E-state index in [2.05, 4.69) is 42.3 Å². The lowest BCUT2D eigenvalue weighted by Crippen LogP contribution is -2.36. The average Bonchev–Trinajstić information content (AvgIpc) is 1.95. The van der Waals surface area contributed by atoms with Crippen molar-refractivity contribution in [3.63, 3.8) is 0 Å². The summed E-state index contributed by atoms with van der Waals surface area (Å²) >= 11 is 0. The number of aliphatic hydroxyl groups excluding tert-OH is 2. The fourth-order valence-electron chi connectivity index (χ4n) is 0.600. The van der Waals surface area contributed by atoms with E-state index in [9.17, 15) is 0 Å². The van der Waals surface area contributed by atoms with Crippen molar-refractivity contribution in [1.82, 2.24) is 0 Å². The Morgan fingerprint density at radius 1 is 0.800 bits per heavy atom. The zero-order valence-electron chi connectivity index (χ0n) is 13.1. The molecule has 0 aromatic heterocycles. The number of hydrogen-bond acceptors (Lipinski definition) is 6. The summed E-state index contributed by atoms with van der Waals surface area (Å²) in [5.74, 6) is 0. The van der Waals surface area contributed by atoms with E-state index in [0.717, 1.165) is 22.1 Å². The molecule has 0 fully saturated rings. The van der Waals surface area contributed by atoms with Gasteiger partial charge in [0.1, 0.15) is 13.1 Å². The van der Waals surface area contributed by atoms with Crippen LogP contribution >= 0.6 is 12.4 Å². The molecule has 20 heavy (non-hydrogen) atoms. The van der Waals surface area contributed by atoms with Gasteiger partial charge in [0, 0.05) is 10.4 Å². The maximum absolute atomic E-state index is 8.52. The third-order valence-corrected chi connectivity index (χ3v) is 1.54. The summed E-state index contributed by atoms with van der Waals surface area (Å²) in [6, 6.07) is 0. The Labute approximate surface area is 128 Å². The smallest absolute Gasteiger partial charge is 0.101 e. The van der Waals surface area contributed by atoms with Crippen molar-refractivity contribution in [3.05, 3.63) is 0 Å². The zero-order chi connectivity index (χ0) is 16.3. The van der Waals surface area contributed by atoms with Crippen LogP contribution < -0.4 is 0 Å². The van der Waals surface area contributed by atoms with Gasteiger partial charge in [-0.25, -0.2) is 0 Å². The number of likely N-dealkylation sites (N-methyl/N-ethyl adjacent to an activating group) is 2. The van der Waals surface area contributed by atoms with Crippen molar-refractivity contribution in [2.45, 2.75) is 0 Å². The largest absolute Gasteiger partial charge is 0.759 e. The van der Waals surface area contributed by atoms with Gasteiger partial charge in [0.25, 0.3) is 0 Å². The topological polar surface area (TPSA) is 121 Å². The third-order valence-electron chi connectivity index (χ3n) is 1.54. The molecule has 0 unspecified atom stereocenters. The summed E-state index contributed by atoms with van der Waals surface area (Å²) in [6.45, 7) is 2.23. The molecule has 0 aliphatic rings. The molecule has 8 nitrogen and oxygen atoms in total. The van der Waals surface area contributed by atoms with Gasteiger partial charge in [-0.05, 0) is 0 Å². The van der Waals surface area contributed by atoms with Crippen molar-refractivity contribution in [1.29, 1.82) is 0 Å². The van der Waals surface area contributed by atoms with Crippen molar-refractivity contribution in [2.75, 3.05) is 68.6 Å². The first-order valence-corrected chi connectivity index (χ1v) is 6.95. The van der Waals surface area contributed by atoms with E-state index in [4.69, 9.17) is 27.7 Å². The minimum Gasteiger partial charge on any atom is -0.759 e. The molecule has 10 heteroatoms. The Bertz CT molecular complexity index is 274.